The van der Waals surface area contributed by atoms with E-state index in [1.165, 1.54) is 33.4 Å². The highest BCUT2D eigenvalue weighted by Crippen LogP contribution is 2.33. The third-order valence-electron chi connectivity index (χ3n) is 4.01. The molecule has 0 amide bonds. The molecule has 0 atom stereocenters. The lowest BCUT2D eigenvalue weighted by Gasteiger charge is -2.12. The van der Waals surface area contributed by atoms with E-state index in [-0.39, 0.29) is 0 Å². The molecule has 0 heterocycles. The lowest BCUT2D eigenvalue weighted by atomic mass is 9.93. The largest absolute Gasteiger partial charge is 0.0998 e. The second-order valence-electron chi connectivity index (χ2n) is 5.76. The molecular formula is C24H32. The first-order valence-electron chi connectivity index (χ1n) is 9.19. The number of rotatable bonds is 2. The summed E-state index contributed by atoms with van der Waals surface area (Å²) >= 11 is 0. The van der Waals surface area contributed by atoms with Crippen LogP contribution in [0.3, 0.4) is 0 Å². The van der Waals surface area contributed by atoms with E-state index < -0.39 is 0 Å². The van der Waals surface area contributed by atoms with Crippen molar-refractivity contribution in [2.75, 3.05) is 0 Å². The molecule has 0 nitrogen and oxygen atoms in total. The second kappa shape index (κ2) is 9.93. The van der Waals surface area contributed by atoms with E-state index in [2.05, 4.69) is 62.5 Å². The summed E-state index contributed by atoms with van der Waals surface area (Å²) < 4.78 is 0. The number of hydrogen-bond donors (Lipinski definition) is 0. The molecule has 0 heteroatoms. The summed E-state index contributed by atoms with van der Waals surface area (Å²) in [6.45, 7) is 18.4. The Bertz CT molecular complexity index is 689. The van der Waals surface area contributed by atoms with Gasteiger partial charge < -0.3 is 0 Å². The monoisotopic (exact) mass is 320 g/mol. The molecule has 0 unspecified atom stereocenters. The van der Waals surface area contributed by atoms with Gasteiger partial charge in [-0.25, -0.2) is 0 Å². The second-order valence-corrected chi connectivity index (χ2v) is 5.76. The Morgan fingerprint density at radius 3 is 2.08 bits per heavy atom. The Morgan fingerprint density at radius 2 is 1.46 bits per heavy atom. The smallest absolute Gasteiger partial charge is 0.00724 e. The standard InChI is InChI=1S/C20H20.2C2H6/c1-14(2)12-16-8-9-18-11-10-17-6-4-5-7-19(17)15(3)20(18)13-16;2*1-2/h4-9,13H,1,3,10-12H2,2H3;2*1-2H3. The van der Waals surface area contributed by atoms with Gasteiger partial charge in [0.15, 0.2) is 0 Å². The summed E-state index contributed by atoms with van der Waals surface area (Å²) in [6, 6.07) is 15.4. The molecule has 0 N–H and O–H groups in total. The fraction of sp³-hybridized carbons (Fsp3) is 0.333. The predicted molar refractivity (Wildman–Crippen MR) is 110 cm³/mol. The van der Waals surface area contributed by atoms with Crippen LogP contribution in [0.4, 0.5) is 0 Å². The fourth-order valence-electron chi connectivity index (χ4n) is 3.03. The van der Waals surface area contributed by atoms with Gasteiger partial charge in [-0.05, 0) is 59.6 Å². The molecule has 2 aromatic rings. The van der Waals surface area contributed by atoms with E-state index in [0.29, 0.717) is 0 Å². The molecule has 0 aromatic heterocycles. The van der Waals surface area contributed by atoms with Gasteiger partial charge in [-0.15, -0.1) is 0 Å². The molecule has 0 bridgehead atoms. The minimum absolute atomic E-state index is 0.947. The van der Waals surface area contributed by atoms with Crippen molar-refractivity contribution in [3.05, 3.63) is 89.0 Å². The van der Waals surface area contributed by atoms with E-state index in [1.54, 1.807) is 0 Å². The van der Waals surface area contributed by atoms with E-state index >= 15 is 0 Å². The lowest BCUT2D eigenvalue weighted by molar-refractivity contribution is 0.962. The molecule has 0 fully saturated rings. The van der Waals surface area contributed by atoms with Crippen LogP contribution >= 0.6 is 0 Å². The molecule has 0 saturated heterocycles. The normalized spacial score (nSPS) is 11.6. The summed E-state index contributed by atoms with van der Waals surface area (Å²) in [4.78, 5) is 0. The van der Waals surface area contributed by atoms with Gasteiger partial charge >= 0.3 is 0 Å². The van der Waals surface area contributed by atoms with Gasteiger partial charge in [0.05, 0.1) is 0 Å². The van der Waals surface area contributed by atoms with E-state index in [0.717, 1.165) is 24.8 Å². The van der Waals surface area contributed by atoms with Gasteiger partial charge in [-0.3, -0.25) is 0 Å². The number of hydrogen-bond acceptors (Lipinski definition) is 0. The predicted octanol–water partition coefficient (Wildman–Crippen LogP) is 7.02. The molecule has 1 aliphatic rings. The van der Waals surface area contributed by atoms with E-state index in [4.69, 9.17) is 0 Å². The summed E-state index contributed by atoms with van der Waals surface area (Å²) in [5.41, 5.74) is 9.14. The van der Waals surface area contributed by atoms with E-state index in [1.807, 2.05) is 27.7 Å². The fourth-order valence-corrected chi connectivity index (χ4v) is 3.03. The molecule has 3 rings (SSSR count). The zero-order chi connectivity index (χ0) is 18.1. The van der Waals surface area contributed by atoms with Crippen LogP contribution in [0.25, 0.3) is 5.57 Å². The Kier molecular flexibility index (Phi) is 8.26. The van der Waals surface area contributed by atoms with Gasteiger partial charge in [-0.1, -0.05) is 88.9 Å². The minimum atomic E-state index is 0.947. The van der Waals surface area contributed by atoms with Crippen LogP contribution in [0, 0.1) is 0 Å². The van der Waals surface area contributed by atoms with Gasteiger partial charge in [0.1, 0.15) is 0 Å². The Labute approximate surface area is 148 Å². The van der Waals surface area contributed by atoms with Crippen LogP contribution in [0.1, 0.15) is 62.4 Å². The molecule has 0 aliphatic heterocycles. The number of benzene rings is 2. The minimum Gasteiger partial charge on any atom is -0.0998 e. The molecule has 0 radical (unpaired) electrons. The first-order valence-corrected chi connectivity index (χ1v) is 9.19. The van der Waals surface area contributed by atoms with Crippen molar-refractivity contribution < 1.29 is 0 Å². The molecule has 1 aliphatic carbocycles. The first kappa shape index (κ1) is 20.0. The van der Waals surface area contributed by atoms with Crippen molar-refractivity contribution in [1.29, 1.82) is 0 Å². The summed E-state index contributed by atoms with van der Waals surface area (Å²) in [7, 11) is 0. The lowest BCUT2D eigenvalue weighted by Crippen LogP contribution is -1.95. The Balaban J connectivity index is 0.000000671. The van der Waals surface area contributed by atoms with Gasteiger partial charge in [0, 0.05) is 0 Å². The van der Waals surface area contributed by atoms with Gasteiger partial charge in [-0.2, -0.15) is 0 Å². The SMILES string of the molecule is C=C(C)Cc1ccc2c(c1)C(=C)c1ccccc1CC2.CC.CC. The maximum atomic E-state index is 4.35. The average Bonchev–Trinajstić information content (AvgIpc) is 2.76. The molecule has 24 heavy (non-hydrogen) atoms. The van der Waals surface area contributed by atoms with Crippen LogP contribution in [0.15, 0.2) is 61.2 Å². The number of aryl methyl sites for hydroxylation is 2. The summed E-state index contributed by atoms with van der Waals surface area (Å²) in [6.07, 6.45) is 3.14. The highest BCUT2D eigenvalue weighted by atomic mass is 14.2. The molecule has 2 aromatic carbocycles. The number of allylic oxidation sites excluding steroid dienone is 1. The highest BCUT2D eigenvalue weighted by Gasteiger charge is 2.16. The van der Waals surface area contributed by atoms with Crippen molar-refractivity contribution in [3.63, 3.8) is 0 Å². The molecule has 128 valence electrons. The van der Waals surface area contributed by atoms with Crippen LogP contribution in [0.5, 0.6) is 0 Å². The van der Waals surface area contributed by atoms with E-state index in [9.17, 15) is 0 Å². The van der Waals surface area contributed by atoms with Crippen molar-refractivity contribution >= 4 is 5.57 Å². The quantitative estimate of drug-likeness (QED) is 0.522. The van der Waals surface area contributed by atoms with Crippen molar-refractivity contribution in [2.24, 2.45) is 0 Å². The van der Waals surface area contributed by atoms with Crippen LogP contribution in [0.2, 0.25) is 0 Å². The first-order chi connectivity index (χ1) is 11.6. The Hall–Kier alpha value is -2.08. The summed E-state index contributed by atoms with van der Waals surface area (Å²) in [5.74, 6) is 0. The van der Waals surface area contributed by atoms with Crippen LogP contribution in [-0.2, 0) is 19.3 Å². The van der Waals surface area contributed by atoms with Gasteiger partial charge in [0.25, 0.3) is 0 Å². The topological polar surface area (TPSA) is 0 Å². The zero-order valence-corrected chi connectivity index (χ0v) is 16.1. The van der Waals surface area contributed by atoms with Crippen LogP contribution in [-0.4, -0.2) is 0 Å². The van der Waals surface area contributed by atoms with Crippen molar-refractivity contribution in [1.82, 2.24) is 0 Å². The number of fused-ring (bicyclic) bond motifs is 2. The summed E-state index contributed by atoms with van der Waals surface area (Å²) in [5, 5.41) is 0. The third kappa shape index (κ3) is 4.71. The maximum Gasteiger partial charge on any atom is -0.00724 e. The molecule has 0 saturated carbocycles. The Morgan fingerprint density at radius 1 is 0.875 bits per heavy atom. The average molecular weight is 321 g/mol. The van der Waals surface area contributed by atoms with Crippen molar-refractivity contribution in [2.45, 2.75) is 53.9 Å². The molecular weight excluding hydrogens is 288 g/mol. The van der Waals surface area contributed by atoms with Gasteiger partial charge in [0.2, 0.25) is 0 Å². The maximum absolute atomic E-state index is 4.35. The molecule has 0 spiro atoms. The highest BCUT2D eigenvalue weighted by molar-refractivity contribution is 5.82. The third-order valence-corrected chi connectivity index (χ3v) is 4.01. The van der Waals surface area contributed by atoms with Crippen LogP contribution < -0.4 is 0 Å². The zero-order valence-electron chi connectivity index (χ0n) is 16.1. The van der Waals surface area contributed by atoms with Crippen molar-refractivity contribution in [3.8, 4) is 0 Å².